The van der Waals surface area contributed by atoms with Gasteiger partial charge in [0.2, 0.25) is 10.4 Å². The highest BCUT2D eigenvalue weighted by Gasteiger charge is 2.32. The Morgan fingerprint density at radius 3 is 2.14 bits per heavy atom. The van der Waals surface area contributed by atoms with Gasteiger partial charge in [-0.2, -0.15) is 0 Å². The van der Waals surface area contributed by atoms with Crippen LogP contribution >= 0.6 is 0 Å². The summed E-state index contributed by atoms with van der Waals surface area (Å²) in [5.74, 6) is 0. The first kappa shape index (κ1) is 18.7. The first-order valence-corrected chi connectivity index (χ1v) is 8.29. The Balaban J connectivity index is 0.000000346. The summed E-state index contributed by atoms with van der Waals surface area (Å²) >= 11 is 0. The number of quaternary nitrogens is 1. The molecule has 1 heterocycles. The summed E-state index contributed by atoms with van der Waals surface area (Å²) < 4.78 is 32.1. The quantitative estimate of drug-likeness (QED) is 0.378. The van der Waals surface area contributed by atoms with Crippen molar-refractivity contribution in [1.29, 1.82) is 0 Å². The van der Waals surface area contributed by atoms with E-state index in [1.165, 1.54) is 12.1 Å². The molecular weight excluding hydrogens is 306 g/mol. The molecule has 1 saturated heterocycles. The molecule has 1 aliphatic heterocycles. The molecule has 22 heavy (non-hydrogen) atoms. The molecule has 1 aromatic carbocycles. The standard InChI is InChI=1S/C13H22N3.CH4O4S/c1-16(2,3)13-8-9-15(10-13)12-6-4-11(14)5-7-12;1-5-6(2,3)4/h4-7,13H,8-10,14H2,1-3H3;1H3,(H,2,3,4)/q+1;/p-1. The Hall–Kier alpha value is -1.35. The number of likely N-dealkylation sites (N-methyl/N-ethyl adjacent to an activating group) is 1. The minimum absolute atomic E-state index is 0.734. The van der Waals surface area contributed by atoms with Crippen molar-refractivity contribution in [3.8, 4) is 0 Å². The number of rotatable bonds is 3. The van der Waals surface area contributed by atoms with Crippen molar-refractivity contribution in [3.63, 3.8) is 0 Å². The zero-order chi connectivity index (χ0) is 17.0. The topological polar surface area (TPSA) is 95.7 Å². The summed E-state index contributed by atoms with van der Waals surface area (Å²) in [7, 11) is 3.22. The van der Waals surface area contributed by atoms with Crippen LogP contribution in [-0.2, 0) is 14.6 Å². The molecule has 0 amide bonds. The predicted octanol–water partition coefficient (Wildman–Crippen LogP) is 0.647. The second-order valence-electron chi connectivity index (χ2n) is 6.17. The van der Waals surface area contributed by atoms with Crippen LogP contribution in [0.3, 0.4) is 0 Å². The molecule has 1 aromatic rings. The smallest absolute Gasteiger partial charge is 0.217 e. The number of anilines is 2. The van der Waals surface area contributed by atoms with Crippen molar-refractivity contribution >= 4 is 21.8 Å². The first-order chi connectivity index (χ1) is 10.0. The number of nitrogens with two attached hydrogens (primary N) is 1. The Morgan fingerprint density at radius 1 is 1.27 bits per heavy atom. The molecule has 1 atom stereocenters. The normalized spacial score (nSPS) is 18.8. The van der Waals surface area contributed by atoms with E-state index >= 15 is 0 Å². The number of nitrogens with zero attached hydrogens (tertiary/aromatic N) is 2. The minimum Gasteiger partial charge on any atom is -0.726 e. The molecule has 7 nitrogen and oxygen atoms in total. The molecule has 126 valence electrons. The van der Waals surface area contributed by atoms with Gasteiger partial charge in [-0.15, -0.1) is 0 Å². The predicted molar refractivity (Wildman–Crippen MR) is 86.2 cm³/mol. The van der Waals surface area contributed by atoms with Crippen molar-refractivity contribution in [2.45, 2.75) is 12.5 Å². The van der Waals surface area contributed by atoms with Gasteiger partial charge in [0.1, 0.15) is 6.04 Å². The van der Waals surface area contributed by atoms with Crippen LogP contribution in [0, 0.1) is 0 Å². The molecular formula is C14H25N3O4S. The molecule has 1 aliphatic rings. The lowest BCUT2D eigenvalue weighted by Crippen LogP contribution is -2.46. The maximum atomic E-state index is 9.22. The van der Waals surface area contributed by atoms with Crippen molar-refractivity contribution in [2.24, 2.45) is 0 Å². The lowest BCUT2D eigenvalue weighted by Gasteiger charge is -2.31. The third kappa shape index (κ3) is 6.18. The fourth-order valence-electron chi connectivity index (χ4n) is 2.29. The molecule has 0 saturated carbocycles. The lowest BCUT2D eigenvalue weighted by atomic mass is 10.2. The van der Waals surface area contributed by atoms with Crippen LogP contribution < -0.4 is 10.6 Å². The third-order valence-corrected chi connectivity index (χ3v) is 4.13. The van der Waals surface area contributed by atoms with Crippen LogP contribution in [0.5, 0.6) is 0 Å². The van der Waals surface area contributed by atoms with Crippen LogP contribution in [0.2, 0.25) is 0 Å². The largest absolute Gasteiger partial charge is 0.726 e. The average molecular weight is 331 g/mol. The second-order valence-corrected chi connectivity index (χ2v) is 7.32. The number of hydrogen-bond donors (Lipinski definition) is 1. The summed E-state index contributed by atoms with van der Waals surface area (Å²) in [5, 5.41) is 0. The molecule has 8 heteroatoms. The maximum absolute atomic E-state index is 9.22. The summed E-state index contributed by atoms with van der Waals surface area (Å²) in [6.07, 6.45) is 1.27. The van der Waals surface area contributed by atoms with Crippen LogP contribution in [-0.4, -0.2) is 64.8 Å². The molecule has 2 N–H and O–H groups in total. The zero-order valence-electron chi connectivity index (χ0n) is 13.5. The van der Waals surface area contributed by atoms with Gasteiger partial charge in [-0.1, -0.05) is 0 Å². The van der Waals surface area contributed by atoms with Gasteiger partial charge in [0, 0.05) is 24.3 Å². The van der Waals surface area contributed by atoms with E-state index in [0.717, 1.165) is 36.4 Å². The van der Waals surface area contributed by atoms with E-state index in [0.29, 0.717) is 0 Å². The lowest BCUT2D eigenvalue weighted by molar-refractivity contribution is -0.893. The molecule has 1 fully saturated rings. The van der Waals surface area contributed by atoms with Crippen LogP contribution in [0.1, 0.15) is 6.42 Å². The van der Waals surface area contributed by atoms with Crippen molar-refractivity contribution in [3.05, 3.63) is 24.3 Å². The molecule has 0 aromatic heterocycles. The maximum Gasteiger partial charge on any atom is 0.217 e. The van der Waals surface area contributed by atoms with Crippen molar-refractivity contribution in [2.75, 3.05) is 52.0 Å². The molecule has 2 rings (SSSR count). The molecule has 0 bridgehead atoms. The van der Waals surface area contributed by atoms with Gasteiger partial charge in [-0.05, 0) is 24.3 Å². The fourth-order valence-corrected chi connectivity index (χ4v) is 2.29. The molecule has 0 aliphatic carbocycles. The Bertz CT molecular complexity index is 567. The molecule has 0 spiro atoms. The van der Waals surface area contributed by atoms with Crippen LogP contribution in [0.25, 0.3) is 0 Å². The average Bonchev–Trinajstić information content (AvgIpc) is 2.89. The van der Waals surface area contributed by atoms with Crippen LogP contribution in [0.4, 0.5) is 11.4 Å². The minimum atomic E-state index is -4.41. The summed E-state index contributed by atoms with van der Waals surface area (Å²) in [6.45, 7) is 2.30. The summed E-state index contributed by atoms with van der Waals surface area (Å²) in [5.41, 5.74) is 7.84. The third-order valence-electron chi connectivity index (χ3n) is 3.72. The highest BCUT2D eigenvalue weighted by Crippen LogP contribution is 2.24. The number of benzene rings is 1. The van der Waals surface area contributed by atoms with Gasteiger partial charge in [0.05, 0.1) is 34.8 Å². The Labute approximate surface area is 132 Å². The Morgan fingerprint density at radius 2 is 1.77 bits per heavy atom. The molecule has 0 radical (unpaired) electrons. The van der Waals surface area contributed by atoms with Gasteiger partial charge in [-0.3, -0.25) is 4.18 Å². The summed E-state index contributed by atoms with van der Waals surface area (Å²) in [4.78, 5) is 2.45. The zero-order valence-corrected chi connectivity index (χ0v) is 14.3. The van der Waals surface area contributed by atoms with E-state index in [2.05, 4.69) is 42.4 Å². The van der Waals surface area contributed by atoms with E-state index in [4.69, 9.17) is 5.73 Å². The van der Waals surface area contributed by atoms with E-state index in [-0.39, 0.29) is 0 Å². The van der Waals surface area contributed by atoms with Gasteiger partial charge in [-0.25, -0.2) is 8.42 Å². The SMILES string of the molecule is COS(=O)(=O)[O-].C[N+](C)(C)C1CCN(c2ccc(N)cc2)C1. The monoisotopic (exact) mass is 331 g/mol. The van der Waals surface area contributed by atoms with E-state index in [9.17, 15) is 13.0 Å². The van der Waals surface area contributed by atoms with Gasteiger partial charge >= 0.3 is 0 Å². The van der Waals surface area contributed by atoms with E-state index in [1.807, 2.05) is 12.1 Å². The number of hydrogen-bond acceptors (Lipinski definition) is 6. The first-order valence-electron chi connectivity index (χ1n) is 6.96. The van der Waals surface area contributed by atoms with Gasteiger partial charge < -0.3 is 19.7 Å². The fraction of sp³-hybridized carbons (Fsp3) is 0.571. The van der Waals surface area contributed by atoms with Crippen LogP contribution in [0.15, 0.2) is 24.3 Å². The van der Waals surface area contributed by atoms with Crippen molar-refractivity contribution < 1.29 is 21.6 Å². The highest BCUT2D eigenvalue weighted by molar-refractivity contribution is 7.80. The second kappa shape index (κ2) is 7.28. The summed E-state index contributed by atoms with van der Waals surface area (Å²) in [6, 6.07) is 8.93. The van der Waals surface area contributed by atoms with Gasteiger partial charge in [0.15, 0.2) is 0 Å². The molecule has 1 unspecified atom stereocenters. The van der Waals surface area contributed by atoms with Gasteiger partial charge in [0.25, 0.3) is 0 Å². The van der Waals surface area contributed by atoms with E-state index < -0.39 is 10.4 Å². The Kier molecular flexibility index (Phi) is 6.18. The van der Waals surface area contributed by atoms with E-state index in [1.54, 1.807) is 0 Å². The highest BCUT2D eigenvalue weighted by atomic mass is 32.3. The van der Waals surface area contributed by atoms with Crippen molar-refractivity contribution in [1.82, 2.24) is 0 Å². The number of nitrogen functional groups attached to an aromatic ring is 1.